The molecular weight excluding hydrogens is 287 g/mol. The molecular formula is C10H11BrCl2O. The molecule has 0 saturated carbocycles. The number of halogens is 3. The Morgan fingerprint density at radius 1 is 1.14 bits per heavy atom. The van der Waals surface area contributed by atoms with Crippen molar-refractivity contribution < 1.29 is 4.74 Å². The van der Waals surface area contributed by atoms with E-state index in [9.17, 15) is 0 Å². The van der Waals surface area contributed by atoms with E-state index in [1.807, 2.05) is 0 Å². The summed E-state index contributed by atoms with van der Waals surface area (Å²) in [4.78, 5) is 0. The molecule has 0 spiro atoms. The van der Waals surface area contributed by atoms with Gasteiger partial charge in [-0.1, -0.05) is 45.2 Å². The van der Waals surface area contributed by atoms with Crippen LogP contribution >= 0.6 is 39.1 Å². The minimum atomic E-state index is 0.566. The van der Waals surface area contributed by atoms with Crippen molar-refractivity contribution in [1.82, 2.24) is 0 Å². The molecule has 0 unspecified atom stereocenters. The van der Waals surface area contributed by atoms with Gasteiger partial charge in [-0.05, 0) is 25.0 Å². The lowest BCUT2D eigenvalue weighted by Crippen LogP contribution is -1.98. The number of para-hydroxylation sites is 1. The van der Waals surface area contributed by atoms with Crippen LogP contribution in [-0.4, -0.2) is 11.9 Å². The second kappa shape index (κ2) is 6.54. The third kappa shape index (κ3) is 3.68. The van der Waals surface area contributed by atoms with Gasteiger partial charge in [0.2, 0.25) is 0 Å². The van der Waals surface area contributed by atoms with E-state index in [0.717, 1.165) is 18.2 Å². The van der Waals surface area contributed by atoms with E-state index >= 15 is 0 Å². The van der Waals surface area contributed by atoms with E-state index in [-0.39, 0.29) is 0 Å². The lowest BCUT2D eigenvalue weighted by atomic mass is 10.3. The molecule has 1 aromatic rings. The highest BCUT2D eigenvalue weighted by Gasteiger charge is 2.05. The Bertz CT molecular complexity index is 271. The van der Waals surface area contributed by atoms with Crippen LogP contribution in [0.1, 0.15) is 12.8 Å². The van der Waals surface area contributed by atoms with Crippen LogP contribution in [0.4, 0.5) is 0 Å². The maximum atomic E-state index is 5.92. The zero-order chi connectivity index (χ0) is 10.4. The first-order chi connectivity index (χ1) is 6.75. The third-order valence-corrected chi connectivity index (χ3v) is 2.85. The second-order valence-electron chi connectivity index (χ2n) is 2.80. The maximum absolute atomic E-state index is 5.92. The molecule has 1 aromatic carbocycles. The van der Waals surface area contributed by atoms with Crippen molar-refractivity contribution in [3.63, 3.8) is 0 Å². The molecule has 0 heterocycles. The number of unbranched alkanes of at least 4 members (excludes halogenated alkanes) is 1. The number of benzene rings is 1. The SMILES string of the molecule is Clc1cccc(Cl)c1OCCCCBr. The zero-order valence-corrected chi connectivity index (χ0v) is 10.7. The average molecular weight is 298 g/mol. The first-order valence-corrected chi connectivity index (χ1v) is 6.26. The predicted octanol–water partition coefficient (Wildman–Crippen LogP) is 4.55. The number of hydrogen-bond donors (Lipinski definition) is 0. The van der Waals surface area contributed by atoms with Gasteiger partial charge < -0.3 is 4.74 Å². The molecule has 0 aliphatic heterocycles. The predicted molar refractivity (Wildman–Crippen MR) is 65.0 cm³/mol. The minimum Gasteiger partial charge on any atom is -0.490 e. The Kier molecular flexibility index (Phi) is 5.68. The molecule has 0 amide bonds. The molecule has 0 radical (unpaired) electrons. The molecule has 0 saturated heterocycles. The van der Waals surface area contributed by atoms with Crippen molar-refractivity contribution in [2.45, 2.75) is 12.8 Å². The summed E-state index contributed by atoms with van der Waals surface area (Å²) >= 11 is 15.2. The standard InChI is InChI=1S/C10H11BrCl2O/c11-6-1-2-7-14-10-8(12)4-3-5-9(10)13/h3-5H,1-2,6-7H2. The number of hydrogen-bond acceptors (Lipinski definition) is 1. The topological polar surface area (TPSA) is 9.23 Å². The van der Waals surface area contributed by atoms with Crippen molar-refractivity contribution in [3.8, 4) is 5.75 Å². The summed E-state index contributed by atoms with van der Waals surface area (Å²) in [7, 11) is 0. The third-order valence-electron chi connectivity index (χ3n) is 1.69. The van der Waals surface area contributed by atoms with E-state index in [0.29, 0.717) is 22.4 Å². The molecule has 4 heteroatoms. The zero-order valence-electron chi connectivity index (χ0n) is 7.60. The number of ether oxygens (including phenoxy) is 1. The average Bonchev–Trinajstić information content (AvgIpc) is 2.16. The fourth-order valence-corrected chi connectivity index (χ4v) is 1.89. The molecule has 1 nitrogen and oxygen atoms in total. The van der Waals surface area contributed by atoms with Crippen LogP contribution < -0.4 is 4.74 Å². The van der Waals surface area contributed by atoms with E-state index in [1.165, 1.54) is 0 Å². The van der Waals surface area contributed by atoms with Gasteiger partial charge in [0.05, 0.1) is 16.7 Å². The van der Waals surface area contributed by atoms with Crippen LogP contribution in [-0.2, 0) is 0 Å². The van der Waals surface area contributed by atoms with Gasteiger partial charge in [-0.2, -0.15) is 0 Å². The van der Waals surface area contributed by atoms with Crippen molar-refractivity contribution in [2.75, 3.05) is 11.9 Å². The van der Waals surface area contributed by atoms with Crippen molar-refractivity contribution in [1.29, 1.82) is 0 Å². The van der Waals surface area contributed by atoms with E-state index in [2.05, 4.69) is 15.9 Å². The normalized spacial score (nSPS) is 10.2. The molecule has 0 aliphatic carbocycles. The number of rotatable bonds is 5. The second-order valence-corrected chi connectivity index (χ2v) is 4.40. The van der Waals surface area contributed by atoms with Crippen LogP contribution in [0, 0.1) is 0 Å². The van der Waals surface area contributed by atoms with Gasteiger partial charge in [0.25, 0.3) is 0 Å². The molecule has 0 fully saturated rings. The quantitative estimate of drug-likeness (QED) is 0.572. The fraction of sp³-hybridized carbons (Fsp3) is 0.400. The summed E-state index contributed by atoms with van der Waals surface area (Å²) in [5.41, 5.74) is 0. The van der Waals surface area contributed by atoms with Crippen molar-refractivity contribution in [3.05, 3.63) is 28.2 Å². The Balaban J connectivity index is 2.49. The lowest BCUT2D eigenvalue weighted by Gasteiger charge is -2.08. The summed E-state index contributed by atoms with van der Waals surface area (Å²) in [5, 5.41) is 2.12. The summed E-state index contributed by atoms with van der Waals surface area (Å²) in [6.45, 7) is 0.648. The van der Waals surface area contributed by atoms with Gasteiger partial charge >= 0.3 is 0 Å². The lowest BCUT2D eigenvalue weighted by molar-refractivity contribution is 0.310. The van der Waals surface area contributed by atoms with Gasteiger partial charge in [0, 0.05) is 5.33 Å². The van der Waals surface area contributed by atoms with Gasteiger partial charge in [0.15, 0.2) is 5.75 Å². The van der Waals surface area contributed by atoms with Crippen molar-refractivity contribution >= 4 is 39.1 Å². The van der Waals surface area contributed by atoms with Crippen LogP contribution in [0.15, 0.2) is 18.2 Å². The molecule has 1 rings (SSSR count). The molecule has 0 aromatic heterocycles. The van der Waals surface area contributed by atoms with Gasteiger partial charge in [0.1, 0.15) is 0 Å². The molecule has 0 N–H and O–H groups in total. The Morgan fingerprint density at radius 3 is 2.36 bits per heavy atom. The molecule has 0 bridgehead atoms. The van der Waals surface area contributed by atoms with Gasteiger partial charge in [-0.3, -0.25) is 0 Å². The summed E-state index contributed by atoms with van der Waals surface area (Å²) in [5.74, 6) is 0.588. The first kappa shape index (κ1) is 12.2. The van der Waals surface area contributed by atoms with E-state index in [4.69, 9.17) is 27.9 Å². The van der Waals surface area contributed by atoms with E-state index < -0.39 is 0 Å². The van der Waals surface area contributed by atoms with Crippen LogP contribution in [0.25, 0.3) is 0 Å². The van der Waals surface area contributed by atoms with Crippen LogP contribution in [0.3, 0.4) is 0 Å². The summed E-state index contributed by atoms with van der Waals surface area (Å²) < 4.78 is 5.48. The Hall–Kier alpha value is 0.0800. The van der Waals surface area contributed by atoms with Crippen LogP contribution in [0.5, 0.6) is 5.75 Å². The summed E-state index contributed by atoms with van der Waals surface area (Å²) in [6, 6.07) is 5.34. The maximum Gasteiger partial charge on any atom is 0.156 e. The highest BCUT2D eigenvalue weighted by molar-refractivity contribution is 9.09. The monoisotopic (exact) mass is 296 g/mol. The van der Waals surface area contributed by atoms with Crippen molar-refractivity contribution in [2.24, 2.45) is 0 Å². The summed E-state index contributed by atoms with van der Waals surface area (Å²) in [6.07, 6.45) is 2.08. The molecule has 0 atom stereocenters. The smallest absolute Gasteiger partial charge is 0.156 e. The minimum absolute atomic E-state index is 0.566. The molecule has 14 heavy (non-hydrogen) atoms. The highest BCUT2D eigenvalue weighted by Crippen LogP contribution is 2.32. The first-order valence-electron chi connectivity index (χ1n) is 4.38. The number of alkyl halides is 1. The molecule has 0 aliphatic rings. The highest BCUT2D eigenvalue weighted by atomic mass is 79.9. The largest absolute Gasteiger partial charge is 0.490 e. The Morgan fingerprint density at radius 2 is 1.79 bits per heavy atom. The van der Waals surface area contributed by atoms with Crippen LogP contribution in [0.2, 0.25) is 10.0 Å². The Labute approximate surface area is 102 Å². The van der Waals surface area contributed by atoms with Gasteiger partial charge in [-0.25, -0.2) is 0 Å². The molecule has 78 valence electrons. The van der Waals surface area contributed by atoms with Gasteiger partial charge in [-0.15, -0.1) is 0 Å². The fourth-order valence-electron chi connectivity index (χ4n) is 0.991. The van der Waals surface area contributed by atoms with E-state index in [1.54, 1.807) is 18.2 Å².